The molecule has 68 valence electrons. The largest absolute Gasteiger partial charge is 0.330 e. The van der Waals surface area contributed by atoms with Crippen molar-refractivity contribution in [2.75, 3.05) is 6.54 Å². The van der Waals surface area contributed by atoms with E-state index in [1.165, 1.54) is 0 Å². The van der Waals surface area contributed by atoms with E-state index in [1.54, 1.807) is 22.7 Å². The number of hydrogen-bond donors (Lipinski definition) is 1. The Labute approximate surface area is 84.3 Å². The molecule has 0 aliphatic heterocycles. The van der Waals surface area contributed by atoms with Gasteiger partial charge in [0.25, 0.3) is 0 Å². The van der Waals surface area contributed by atoms with Crippen LogP contribution in [0.15, 0.2) is 17.1 Å². The third kappa shape index (κ3) is 1.93. The number of thiazole rings is 2. The SMILES string of the molecule is NCCc1csc(-c2cncs2)n1. The first-order valence-corrected chi connectivity index (χ1v) is 5.69. The monoisotopic (exact) mass is 211 g/mol. The van der Waals surface area contributed by atoms with Crippen molar-refractivity contribution in [3.8, 4) is 9.88 Å². The highest BCUT2D eigenvalue weighted by atomic mass is 32.1. The maximum atomic E-state index is 5.44. The highest BCUT2D eigenvalue weighted by Crippen LogP contribution is 2.26. The molecule has 0 bridgehead atoms. The van der Waals surface area contributed by atoms with Gasteiger partial charge >= 0.3 is 0 Å². The molecule has 0 unspecified atom stereocenters. The lowest BCUT2D eigenvalue weighted by Gasteiger charge is -1.88. The van der Waals surface area contributed by atoms with E-state index in [-0.39, 0.29) is 0 Å². The summed E-state index contributed by atoms with van der Waals surface area (Å²) in [6.07, 6.45) is 2.70. The molecule has 3 nitrogen and oxygen atoms in total. The predicted molar refractivity (Wildman–Crippen MR) is 56.0 cm³/mol. The van der Waals surface area contributed by atoms with Gasteiger partial charge in [-0.05, 0) is 6.54 Å². The standard InChI is InChI=1S/C8H9N3S2/c9-2-1-6-4-12-8(11-6)7-3-10-5-13-7/h3-5H,1-2,9H2. The first kappa shape index (κ1) is 8.80. The van der Waals surface area contributed by atoms with Crippen molar-refractivity contribution in [3.63, 3.8) is 0 Å². The van der Waals surface area contributed by atoms with Gasteiger partial charge in [-0.2, -0.15) is 0 Å². The second-order valence-electron chi connectivity index (χ2n) is 2.55. The third-order valence-electron chi connectivity index (χ3n) is 1.60. The molecule has 0 aromatic carbocycles. The van der Waals surface area contributed by atoms with Crippen LogP contribution in [0.4, 0.5) is 0 Å². The van der Waals surface area contributed by atoms with E-state index in [1.807, 2.05) is 11.7 Å². The quantitative estimate of drug-likeness (QED) is 0.841. The van der Waals surface area contributed by atoms with E-state index in [0.717, 1.165) is 22.0 Å². The molecule has 0 fully saturated rings. The minimum Gasteiger partial charge on any atom is -0.330 e. The molecule has 13 heavy (non-hydrogen) atoms. The van der Waals surface area contributed by atoms with Crippen LogP contribution in [-0.2, 0) is 6.42 Å². The summed E-state index contributed by atoms with van der Waals surface area (Å²) in [4.78, 5) is 9.60. The smallest absolute Gasteiger partial charge is 0.135 e. The molecule has 0 saturated carbocycles. The molecular weight excluding hydrogens is 202 g/mol. The van der Waals surface area contributed by atoms with Crippen LogP contribution in [0.1, 0.15) is 5.69 Å². The van der Waals surface area contributed by atoms with Crippen molar-refractivity contribution in [2.45, 2.75) is 6.42 Å². The lowest BCUT2D eigenvalue weighted by Crippen LogP contribution is -2.02. The molecule has 5 heteroatoms. The Morgan fingerprint density at radius 1 is 1.38 bits per heavy atom. The molecule has 2 heterocycles. The lowest BCUT2D eigenvalue weighted by molar-refractivity contribution is 0.937. The Bertz CT molecular complexity index is 366. The molecule has 0 spiro atoms. The molecule has 2 N–H and O–H groups in total. The van der Waals surface area contributed by atoms with Crippen molar-refractivity contribution in [2.24, 2.45) is 5.73 Å². The van der Waals surface area contributed by atoms with Crippen LogP contribution in [0, 0.1) is 0 Å². The summed E-state index contributed by atoms with van der Waals surface area (Å²) < 4.78 is 0. The maximum Gasteiger partial charge on any atom is 0.135 e. The molecule has 2 aromatic rings. The van der Waals surface area contributed by atoms with Gasteiger partial charge in [0.15, 0.2) is 0 Å². The minimum atomic E-state index is 0.659. The van der Waals surface area contributed by atoms with Crippen molar-refractivity contribution < 1.29 is 0 Å². The van der Waals surface area contributed by atoms with Gasteiger partial charge in [0.1, 0.15) is 5.01 Å². The molecular formula is C8H9N3S2. The van der Waals surface area contributed by atoms with Gasteiger partial charge in [-0.1, -0.05) is 0 Å². The number of aromatic nitrogens is 2. The van der Waals surface area contributed by atoms with E-state index in [9.17, 15) is 0 Å². The first-order chi connectivity index (χ1) is 6.40. The summed E-state index contributed by atoms with van der Waals surface area (Å²) >= 11 is 3.26. The molecule has 0 aliphatic carbocycles. The van der Waals surface area contributed by atoms with Crippen LogP contribution in [0.25, 0.3) is 9.88 Å². The predicted octanol–water partition coefficient (Wildman–Crippen LogP) is 1.77. The molecule has 0 aliphatic rings. The Hall–Kier alpha value is -0.780. The van der Waals surface area contributed by atoms with Gasteiger partial charge in [-0.3, -0.25) is 4.98 Å². The summed E-state index contributed by atoms with van der Waals surface area (Å²) in [5.41, 5.74) is 8.34. The zero-order valence-corrected chi connectivity index (χ0v) is 8.57. The zero-order valence-electron chi connectivity index (χ0n) is 6.93. The second-order valence-corrected chi connectivity index (χ2v) is 4.29. The van der Waals surface area contributed by atoms with E-state index < -0.39 is 0 Å². The topological polar surface area (TPSA) is 51.8 Å². The zero-order chi connectivity index (χ0) is 9.10. The first-order valence-electron chi connectivity index (χ1n) is 3.93. The van der Waals surface area contributed by atoms with E-state index in [4.69, 9.17) is 5.73 Å². The number of nitrogens with two attached hydrogens (primary N) is 1. The normalized spacial score (nSPS) is 10.5. The minimum absolute atomic E-state index is 0.659. The third-order valence-corrected chi connectivity index (χ3v) is 3.43. The number of rotatable bonds is 3. The average molecular weight is 211 g/mol. The van der Waals surface area contributed by atoms with Gasteiger partial charge in [-0.25, -0.2) is 4.98 Å². The summed E-state index contributed by atoms with van der Waals surface area (Å²) in [5.74, 6) is 0. The molecule has 2 rings (SSSR count). The van der Waals surface area contributed by atoms with E-state index in [0.29, 0.717) is 6.54 Å². The van der Waals surface area contributed by atoms with Crippen LogP contribution in [0.2, 0.25) is 0 Å². The maximum absolute atomic E-state index is 5.44. The molecule has 0 saturated heterocycles. The summed E-state index contributed by atoms with van der Waals surface area (Å²) in [6, 6.07) is 0. The van der Waals surface area contributed by atoms with Crippen LogP contribution >= 0.6 is 22.7 Å². The molecule has 0 atom stereocenters. The fourth-order valence-corrected chi connectivity index (χ4v) is 2.55. The Kier molecular flexibility index (Phi) is 2.68. The van der Waals surface area contributed by atoms with E-state index in [2.05, 4.69) is 15.3 Å². The van der Waals surface area contributed by atoms with Crippen molar-refractivity contribution in [3.05, 3.63) is 22.8 Å². The molecule has 0 amide bonds. The number of hydrogen-bond acceptors (Lipinski definition) is 5. The Morgan fingerprint density at radius 3 is 3.00 bits per heavy atom. The van der Waals surface area contributed by atoms with Crippen LogP contribution in [0.3, 0.4) is 0 Å². The van der Waals surface area contributed by atoms with Crippen molar-refractivity contribution in [1.82, 2.24) is 9.97 Å². The van der Waals surface area contributed by atoms with Crippen molar-refractivity contribution in [1.29, 1.82) is 0 Å². The molecule has 0 radical (unpaired) electrons. The highest BCUT2D eigenvalue weighted by Gasteiger charge is 2.04. The highest BCUT2D eigenvalue weighted by molar-refractivity contribution is 7.19. The second kappa shape index (κ2) is 3.95. The summed E-state index contributed by atoms with van der Waals surface area (Å²) in [7, 11) is 0. The van der Waals surface area contributed by atoms with E-state index >= 15 is 0 Å². The fourth-order valence-electron chi connectivity index (χ4n) is 1.00. The van der Waals surface area contributed by atoms with Gasteiger partial charge < -0.3 is 5.73 Å². The number of nitrogens with zero attached hydrogens (tertiary/aromatic N) is 2. The van der Waals surface area contributed by atoms with Gasteiger partial charge in [0.2, 0.25) is 0 Å². The van der Waals surface area contributed by atoms with Crippen molar-refractivity contribution >= 4 is 22.7 Å². The van der Waals surface area contributed by atoms with Crippen LogP contribution in [-0.4, -0.2) is 16.5 Å². The van der Waals surface area contributed by atoms with Crippen LogP contribution in [0.5, 0.6) is 0 Å². The Balaban J connectivity index is 2.23. The van der Waals surface area contributed by atoms with Gasteiger partial charge in [0, 0.05) is 18.0 Å². The molecule has 2 aromatic heterocycles. The van der Waals surface area contributed by atoms with Gasteiger partial charge in [0.05, 0.1) is 16.1 Å². The fraction of sp³-hybridized carbons (Fsp3) is 0.250. The Morgan fingerprint density at radius 2 is 2.31 bits per heavy atom. The summed E-state index contributed by atoms with van der Waals surface area (Å²) in [5, 5.41) is 3.10. The average Bonchev–Trinajstić information content (AvgIpc) is 2.70. The lowest BCUT2D eigenvalue weighted by atomic mass is 10.3. The van der Waals surface area contributed by atoms with Crippen LogP contribution < -0.4 is 5.73 Å². The summed E-state index contributed by atoms with van der Waals surface area (Å²) in [6.45, 7) is 0.659. The van der Waals surface area contributed by atoms with Gasteiger partial charge in [-0.15, -0.1) is 22.7 Å².